The number of ether oxygens (including phenoxy) is 10. The van der Waals surface area contributed by atoms with Crippen molar-refractivity contribution in [3.63, 3.8) is 0 Å². The third-order valence-electron chi connectivity index (χ3n) is 10.2. The van der Waals surface area contributed by atoms with Crippen LogP contribution in [0.1, 0.15) is 85.5 Å². The summed E-state index contributed by atoms with van der Waals surface area (Å²) in [6, 6.07) is 0.0135. The van der Waals surface area contributed by atoms with E-state index in [2.05, 4.69) is 51.8 Å². The molecule has 502 valence electrons. The SMILES string of the molecule is CCCCOc1nc(OCCCSC(C(=O)O)C(SC)C(=O)O)nc(OC(=O)CCl)n1.CCCCOc1nc(OCCCSCC(O)C(O)CSC)nc(OCC(C)=O)n1.CCCCOc1nc(OCCCSCC(O)C(O)CSC)nc(OCOC)n1. The zero-order valence-corrected chi connectivity index (χ0v) is 56.5. The monoisotopic (exact) mass is 1380 g/mol. The molecule has 3 heterocycles. The summed E-state index contributed by atoms with van der Waals surface area (Å²) in [6.45, 7) is 9.59. The van der Waals surface area contributed by atoms with Gasteiger partial charge < -0.3 is 78.0 Å². The first-order valence-electron chi connectivity index (χ1n) is 27.9. The number of unbranched alkanes of at least 4 members (excludes halogenated alkanes) is 3. The molecule has 0 spiro atoms. The Kier molecular flexibility index (Phi) is 48.6. The average Bonchev–Trinajstić information content (AvgIpc) is 3.65. The fourth-order valence-corrected chi connectivity index (χ4v) is 11.0. The van der Waals surface area contributed by atoms with Crippen LogP contribution in [0, 0.1) is 0 Å². The van der Waals surface area contributed by atoms with Gasteiger partial charge in [0.25, 0.3) is 0 Å². The molecule has 0 aliphatic carbocycles. The Morgan fingerprint density at radius 3 is 1.11 bits per heavy atom. The van der Waals surface area contributed by atoms with E-state index in [1.54, 1.807) is 29.8 Å². The number of aliphatic hydroxyl groups excluding tert-OH is 4. The second-order valence-corrected chi connectivity index (χ2v) is 24.5. The molecule has 6 atom stereocenters. The number of carbonyl (C=O) groups excluding carboxylic acids is 2. The van der Waals surface area contributed by atoms with Crippen LogP contribution in [0.5, 0.6) is 54.1 Å². The molecular weight excluding hydrogens is 1300 g/mol. The van der Waals surface area contributed by atoms with Gasteiger partial charge in [-0.3, -0.25) is 19.2 Å². The van der Waals surface area contributed by atoms with E-state index >= 15 is 0 Å². The third kappa shape index (κ3) is 39.7. The summed E-state index contributed by atoms with van der Waals surface area (Å²) < 4.78 is 53.2. The number of hydrogen-bond acceptors (Lipinski definition) is 33. The molecule has 3 rings (SSSR count). The second kappa shape index (κ2) is 52.3. The smallest absolute Gasteiger partial charge is 0.333 e. The van der Waals surface area contributed by atoms with Gasteiger partial charge in [0.15, 0.2) is 12.6 Å². The summed E-state index contributed by atoms with van der Waals surface area (Å²) in [7, 11) is 1.51. The molecule has 0 fully saturated rings. The normalized spacial score (nSPS) is 12.9. The summed E-state index contributed by atoms with van der Waals surface area (Å²) in [4.78, 5) is 81.2. The van der Waals surface area contributed by atoms with Gasteiger partial charge in [0, 0.05) is 30.1 Å². The van der Waals surface area contributed by atoms with Crippen LogP contribution in [0.3, 0.4) is 0 Å². The van der Waals surface area contributed by atoms with E-state index < -0.39 is 52.8 Å². The Morgan fingerprint density at radius 2 is 0.795 bits per heavy atom. The van der Waals surface area contributed by atoms with Crippen molar-refractivity contribution in [2.24, 2.45) is 0 Å². The van der Waals surface area contributed by atoms with Gasteiger partial charge in [-0.05, 0) is 81.5 Å². The lowest BCUT2D eigenvalue weighted by molar-refractivity contribution is -0.142. The molecule has 0 saturated heterocycles. The number of aliphatic hydroxyl groups is 4. The largest absolute Gasteiger partial charge is 0.480 e. The van der Waals surface area contributed by atoms with Crippen molar-refractivity contribution in [3.05, 3.63) is 0 Å². The number of methoxy groups -OCH3 is 1. The number of aliphatic carboxylic acids is 2. The van der Waals surface area contributed by atoms with Gasteiger partial charge in [-0.15, -0.1) is 80.0 Å². The highest BCUT2D eigenvalue weighted by Gasteiger charge is 2.33. The number of carbonyl (C=O) groups is 4. The van der Waals surface area contributed by atoms with Crippen LogP contribution in [0.4, 0.5) is 0 Å². The minimum Gasteiger partial charge on any atom is -0.480 e. The fraction of sp³-hybridized carbons (Fsp3) is 0.750. The number of carboxylic acid groups (broad SMARTS) is 2. The lowest BCUT2D eigenvalue weighted by Crippen LogP contribution is -2.35. The number of hydrogen-bond donors (Lipinski definition) is 6. The van der Waals surface area contributed by atoms with Crippen LogP contribution in [0.25, 0.3) is 0 Å². The van der Waals surface area contributed by atoms with E-state index in [-0.39, 0.29) is 85.8 Å². The van der Waals surface area contributed by atoms with Gasteiger partial charge in [0.05, 0.1) is 64.1 Å². The van der Waals surface area contributed by atoms with Crippen LogP contribution < -0.4 is 42.6 Å². The molecular formula is C52H86ClN9O20S6. The van der Waals surface area contributed by atoms with E-state index in [0.29, 0.717) is 74.6 Å². The van der Waals surface area contributed by atoms with Crippen molar-refractivity contribution < 1.29 is 97.2 Å². The zero-order valence-electron chi connectivity index (χ0n) is 50.9. The standard InChI is InChI=1S/C18H31N3O6S2.C17H24ClN3O8S2.C17H31N3O6S2/c1-4-5-7-25-16-19-17(21-18(20-16)27-10-13(2)22)26-8-6-9-29-12-15(24)14(23)11-28-3;1-3-4-6-27-15-19-16(21-17(20-15)29-10(22)9-18)28-7-5-8-31-12(14(25)26)11(30-2)13(23)24;1-4-5-7-24-15-18-16(20-17(19-15)26-12-23-2)25-8-6-9-28-11-14(22)13(21)10-27-3/h14-15,23-24H,4-12H2,1-3H3;11-12H,3-9H2,1-2H3,(H,23,24)(H,25,26);13-14,21-22H,4-12H2,1-3H3. The number of nitrogens with zero attached hydrogens (tertiary/aromatic N) is 9. The number of Topliss-reactive ketones (excluding diaryl/α,β-unsaturated/α-hetero) is 1. The third-order valence-corrected chi connectivity index (χ3v) is 16.6. The lowest BCUT2D eigenvalue weighted by Gasteiger charge is -2.17. The number of aromatic nitrogens is 9. The van der Waals surface area contributed by atoms with E-state index in [1.165, 1.54) is 37.6 Å². The minimum absolute atomic E-state index is 0.0131. The van der Waals surface area contributed by atoms with Crippen molar-refractivity contribution in [1.82, 2.24) is 44.9 Å². The minimum atomic E-state index is -1.19. The predicted molar refractivity (Wildman–Crippen MR) is 340 cm³/mol. The molecule has 0 radical (unpaired) electrons. The summed E-state index contributed by atoms with van der Waals surface area (Å²) in [5.74, 6) is 0.199. The molecule has 0 amide bonds. The number of alkyl halides is 1. The Bertz CT molecular complexity index is 2370. The molecule has 0 aliphatic rings. The van der Waals surface area contributed by atoms with Crippen LogP contribution in [0.2, 0.25) is 0 Å². The first-order chi connectivity index (χ1) is 42.4. The van der Waals surface area contributed by atoms with Crippen molar-refractivity contribution in [3.8, 4) is 54.1 Å². The van der Waals surface area contributed by atoms with Crippen LogP contribution in [-0.4, -0.2) is 259 Å². The number of thioether (sulfide) groups is 6. The van der Waals surface area contributed by atoms with Crippen molar-refractivity contribution in [1.29, 1.82) is 0 Å². The van der Waals surface area contributed by atoms with E-state index in [0.717, 1.165) is 80.0 Å². The van der Waals surface area contributed by atoms with Crippen LogP contribution in [-0.2, 0) is 23.9 Å². The molecule has 0 aromatic carbocycles. The average molecular weight is 1390 g/mol. The maximum absolute atomic E-state index is 11.4. The first-order valence-corrected chi connectivity index (χ1v) is 35.9. The molecule has 36 heteroatoms. The van der Waals surface area contributed by atoms with Crippen molar-refractivity contribution >= 4 is 106 Å². The molecule has 3 aromatic rings. The van der Waals surface area contributed by atoms with Gasteiger partial charge in [-0.25, -0.2) is 0 Å². The maximum atomic E-state index is 11.4. The first kappa shape index (κ1) is 81.7. The van der Waals surface area contributed by atoms with Gasteiger partial charge in [-0.2, -0.15) is 47.0 Å². The Balaban J connectivity index is 0.000000661. The number of carboxylic acids is 2. The number of rotatable bonds is 50. The predicted octanol–water partition coefficient (Wildman–Crippen LogP) is 5.19. The second-order valence-electron chi connectivity index (χ2n) is 17.9. The van der Waals surface area contributed by atoms with E-state index in [1.807, 2.05) is 26.4 Å². The zero-order chi connectivity index (χ0) is 65.3. The van der Waals surface area contributed by atoms with Gasteiger partial charge in [0.1, 0.15) is 23.0 Å². The van der Waals surface area contributed by atoms with Crippen LogP contribution >= 0.6 is 82.2 Å². The molecule has 0 aliphatic heterocycles. The number of ketones is 1. The Labute approximate surface area is 544 Å². The van der Waals surface area contributed by atoms with Crippen molar-refractivity contribution in [2.75, 3.05) is 125 Å². The van der Waals surface area contributed by atoms with E-state index in [4.69, 9.17) is 64.1 Å². The highest BCUT2D eigenvalue weighted by molar-refractivity contribution is 8.04. The maximum Gasteiger partial charge on any atom is 0.333 e. The van der Waals surface area contributed by atoms with Gasteiger partial charge in [0.2, 0.25) is 0 Å². The topological polar surface area (TPSA) is 398 Å². The summed E-state index contributed by atoms with van der Waals surface area (Å²) in [5, 5.41) is 55.3. The van der Waals surface area contributed by atoms with E-state index in [9.17, 15) is 44.7 Å². The summed E-state index contributed by atoms with van der Waals surface area (Å²) >= 11 is 13.5. The molecule has 29 nitrogen and oxygen atoms in total. The highest BCUT2D eigenvalue weighted by atomic mass is 35.5. The quantitative estimate of drug-likeness (QED) is 0.0183. The summed E-state index contributed by atoms with van der Waals surface area (Å²) in [5.41, 5.74) is 0. The highest BCUT2D eigenvalue weighted by Crippen LogP contribution is 2.25. The Morgan fingerprint density at radius 1 is 0.466 bits per heavy atom. The number of esters is 1. The summed E-state index contributed by atoms with van der Waals surface area (Å²) in [6.07, 6.45) is 9.72. The molecule has 88 heavy (non-hydrogen) atoms. The molecule has 6 N–H and O–H groups in total. The number of halogens is 1. The molecule has 6 unspecified atom stereocenters. The Hall–Kier alpha value is -4.30. The van der Waals surface area contributed by atoms with Gasteiger partial charge in [-0.1, -0.05) is 40.0 Å². The molecule has 3 aromatic heterocycles. The fourth-order valence-electron chi connectivity index (χ4n) is 5.77. The lowest BCUT2D eigenvalue weighted by atomic mass is 10.3. The van der Waals surface area contributed by atoms with Gasteiger partial charge >= 0.3 is 72.0 Å². The molecule has 0 bridgehead atoms. The molecule has 0 saturated carbocycles. The van der Waals surface area contributed by atoms with Crippen molar-refractivity contribution in [2.45, 2.75) is 120 Å². The van der Waals surface area contributed by atoms with Crippen LogP contribution in [0.15, 0.2) is 0 Å².